The van der Waals surface area contributed by atoms with Gasteiger partial charge in [-0.3, -0.25) is 0 Å². The van der Waals surface area contributed by atoms with Crippen molar-refractivity contribution in [1.29, 1.82) is 0 Å². The zero-order chi connectivity index (χ0) is 20.1. The first-order chi connectivity index (χ1) is 13.8. The molecule has 0 atom stereocenters. The number of unbranched alkanes of at least 4 members (excludes halogenated alkanes) is 12. The zero-order valence-corrected chi connectivity index (χ0v) is 19.9. The Morgan fingerprint density at radius 2 is 1.10 bits per heavy atom. The first kappa shape index (κ1) is 28.2. The normalized spacial score (nSPS) is 11.8. The molecule has 1 aromatic carbocycles. The van der Waals surface area contributed by atoms with Crippen LogP contribution in [-0.2, 0) is 29.7 Å². The van der Waals surface area contributed by atoms with E-state index < -0.39 is 0 Å². The predicted molar refractivity (Wildman–Crippen MR) is 127 cm³/mol. The van der Waals surface area contributed by atoms with Crippen LogP contribution in [0.1, 0.15) is 89.9 Å². The van der Waals surface area contributed by atoms with Crippen molar-refractivity contribution in [2.75, 3.05) is 5.75 Å². The molecule has 1 aliphatic carbocycles. The van der Waals surface area contributed by atoms with Crippen molar-refractivity contribution in [3.8, 4) is 0 Å². The van der Waals surface area contributed by atoms with Gasteiger partial charge in [-0.2, -0.15) is 24.0 Å². The topological polar surface area (TPSA) is 20.2 Å². The van der Waals surface area contributed by atoms with Crippen molar-refractivity contribution >= 4 is 12.6 Å². The van der Waals surface area contributed by atoms with Crippen LogP contribution < -0.4 is 0 Å². The summed E-state index contributed by atoms with van der Waals surface area (Å²) in [5.41, 5.74) is 0.995. The summed E-state index contributed by atoms with van der Waals surface area (Å²) in [7, 11) is 0. The number of hydrogen-bond acceptors (Lipinski definition) is 2. The minimum Gasteiger partial charge on any atom is -0.793 e. The Morgan fingerprint density at radius 1 is 0.690 bits per heavy atom. The summed E-state index contributed by atoms with van der Waals surface area (Å²) in [5.74, 6) is 1.49. The van der Waals surface area contributed by atoms with Crippen LogP contribution in [0, 0.1) is 0 Å². The number of rotatable bonds is 15. The molecular weight excluding hydrogens is 416 g/mol. The van der Waals surface area contributed by atoms with Gasteiger partial charge in [-0.1, -0.05) is 101 Å². The Kier molecular flexibility index (Phi) is 21.4. The van der Waals surface area contributed by atoms with Crippen LogP contribution in [-0.4, -0.2) is 10.9 Å². The molecule has 164 valence electrons. The summed E-state index contributed by atoms with van der Waals surface area (Å²) < 4.78 is 0. The average Bonchev–Trinajstić information content (AvgIpc) is 3.44. The number of aliphatic hydroxyl groups excluding tert-OH is 1. The minimum atomic E-state index is 0. The first-order valence-electron chi connectivity index (χ1n) is 11.4. The molecule has 0 aromatic heterocycles. The van der Waals surface area contributed by atoms with Gasteiger partial charge in [0.25, 0.3) is 0 Å². The third-order valence-electron chi connectivity index (χ3n) is 5.11. The molecule has 29 heavy (non-hydrogen) atoms. The van der Waals surface area contributed by atoms with Crippen molar-refractivity contribution in [1.82, 2.24) is 0 Å². The maximum atomic E-state index is 9.91. The molecule has 0 unspecified atom stereocenters. The summed E-state index contributed by atoms with van der Waals surface area (Å²) in [4.78, 5) is 0. The van der Waals surface area contributed by atoms with E-state index in [9.17, 15) is 5.11 Å². The molecule has 2 rings (SSSR count). The van der Waals surface area contributed by atoms with E-state index in [1.807, 2.05) is 54.6 Å². The van der Waals surface area contributed by atoms with Gasteiger partial charge in [-0.15, -0.1) is 0 Å². The van der Waals surface area contributed by atoms with Crippen molar-refractivity contribution in [3.05, 3.63) is 66.0 Å². The van der Waals surface area contributed by atoms with Crippen LogP contribution in [0.2, 0.25) is 0 Å². The summed E-state index contributed by atoms with van der Waals surface area (Å²) >= 11 is 4.96. The molecule has 1 N–H and O–H groups in total. The molecule has 1 nitrogen and oxygen atoms in total. The smallest absolute Gasteiger partial charge is 0.793 e. The van der Waals surface area contributed by atoms with Crippen LogP contribution in [0.5, 0.6) is 0 Å². The molecule has 0 heterocycles. The van der Waals surface area contributed by atoms with E-state index in [0.29, 0.717) is 5.76 Å². The average molecular weight is 457 g/mol. The van der Waals surface area contributed by atoms with Gasteiger partial charge in [-0.05, 0) is 6.42 Å². The third-order valence-corrected chi connectivity index (χ3v) is 5.40. The molecule has 0 radical (unpaired) electrons. The van der Waals surface area contributed by atoms with E-state index in [4.69, 9.17) is 12.6 Å². The van der Waals surface area contributed by atoms with Gasteiger partial charge < -0.3 is 17.7 Å². The van der Waals surface area contributed by atoms with Gasteiger partial charge in [0.1, 0.15) is 0 Å². The number of aliphatic hydroxyl groups is 1. The second kappa shape index (κ2) is 21.9. The monoisotopic (exact) mass is 456 g/mol. The summed E-state index contributed by atoms with van der Waals surface area (Å²) in [6, 6.07) is 10.0. The Morgan fingerprint density at radius 3 is 1.48 bits per heavy atom. The Labute approximate surface area is 196 Å². The second-order valence-corrected chi connectivity index (χ2v) is 8.04. The SMILES string of the molecule is OC(CCCCCCCCCCCCCCC[S-])=C1C=CC=C1.[Fe+2].c1cc[cH-]c1. The van der Waals surface area contributed by atoms with Crippen LogP contribution in [0.25, 0.3) is 0 Å². The predicted octanol–water partition coefficient (Wildman–Crippen LogP) is 8.34. The van der Waals surface area contributed by atoms with Crippen molar-refractivity contribution < 1.29 is 22.2 Å². The van der Waals surface area contributed by atoms with E-state index in [1.54, 1.807) is 0 Å². The molecule has 1 aromatic rings. The molecule has 0 aliphatic heterocycles. The zero-order valence-electron chi connectivity index (χ0n) is 18.0. The Balaban J connectivity index is 0.00000113. The van der Waals surface area contributed by atoms with Crippen molar-refractivity contribution in [3.63, 3.8) is 0 Å². The standard InChI is InChI=1S/C21H36OS.C5H5.Fe/c22-21(20-16-13-14-17-20)18-12-10-8-6-4-2-1-3-5-7-9-11-15-19-23;1-2-4-5-3-1;/h13-14,16-17,22-23H,1-12,15,18-19H2;1-5H;/q;-1;+2/p-1. The quantitative estimate of drug-likeness (QED) is 0.0941. The molecule has 0 fully saturated rings. The molecule has 1 aliphatic rings. The molecular formula is C26H40FeOS. The van der Waals surface area contributed by atoms with Gasteiger partial charge in [0, 0.05) is 12.0 Å². The largest absolute Gasteiger partial charge is 2.00 e. The maximum absolute atomic E-state index is 9.91. The fourth-order valence-corrected chi connectivity index (χ4v) is 3.57. The van der Waals surface area contributed by atoms with E-state index in [0.717, 1.165) is 24.2 Å². The van der Waals surface area contributed by atoms with Gasteiger partial charge in [0.15, 0.2) is 0 Å². The van der Waals surface area contributed by atoms with Crippen molar-refractivity contribution in [2.24, 2.45) is 0 Å². The molecule has 0 saturated carbocycles. The van der Waals surface area contributed by atoms with Crippen LogP contribution in [0.15, 0.2) is 66.0 Å². The van der Waals surface area contributed by atoms with Crippen LogP contribution in [0.4, 0.5) is 0 Å². The second-order valence-electron chi connectivity index (χ2n) is 7.63. The first-order valence-corrected chi connectivity index (χ1v) is 11.9. The summed E-state index contributed by atoms with van der Waals surface area (Å²) in [5, 5.41) is 9.91. The number of hydrogen-bond donors (Lipinski definition) is 1. The summed E-state index contributed by atoms with van der Waals surface area (Å²) in [6.45, 7) is 0. The molecule has 0 saturated heterocycles. The Bertz CT molecular complexity index is 500. The molecule has 0 amide bonds. The van der Waals surface area contributed by atoms with Crippen LogP contribution >= 0.6 is 0 Å². The molecule has 3 heteroatoms. The fourth-order valence-electron chi connectivity index (χ4n) is 3.37. The van der Waals surface area contributed by atoms with Gasteiger partial charge in [0.2, 0.25) is 0 Å². The van der Waals surface area contributed by atoms with E-state index in [1.165, 1.54) is 77.0 Å². The molecule has 0 bridgehead atoms. The number of allylic oxidation sites excluding steroid dienone is 6. The molecule has 0 spiro atoms. The van der Waals surface area contributed by atoms with Gasteiger partial charge >= 0.3 is 17.1 Å². The summed E-state index contributed by atoms with van der Waals surface area (Å²) in [6.07, 6.45) is 26.1. The maximum Gasteiger partial charge on any atom is 2.00 e. The van der Waals surface area contributed by atoms with E-state index in [2.05, 4.69) is 0 Å². The third kappa shape index (κ3) is 17.8. The Hall–Kier alpha value is -0.761. The minimum absolute atomic E-state index is 0. The fraction of sp³-hybridized carbons (Fsp3) is 0.577. The van der Waals surface area contributed by atoms with Crippen molar-refractivity contribution in [2.45, 2.75) is 89.9 Å². The van der Waals surface area contributed by atoms with E-state index >= 15 is 0 Å². The van der Waals surface area contributed by atoms with Gasteiger partial charge in [0.05, 0.1) is 5.76 Å². The van der Waals surface area contributed by atoms with E-state index in [-0.39, 0.29) is 17.1 Å². The van der Waals surface area contributed by atoms with Gasteiger partial charge in [-0.25, -0.2) is 12.1 Å². The van der Waals surface area contributed by atoms with Crippen LogP contribution in [0.3, 0.4) is 0 Å².